The van der Waals surface area contributed by atoms with Crippen LogP contribution < -0.4 is 46.0 Å². The van der Waals surface area contributed by atoms with Gasteiger partial charge in [-0.05, 0) is 110 Å². The van der Waals surface area contributed by atoms with Gasteiger partial charge in [-0.3, -0.25) is 0 Å². The summed E-state index contributed by atoms with van der Waals surface area (Å²) in [5.41, 5.74) is 1.64. The van der Waals surface area contributed by atoms with E-state index in [4.69, 9.17) is 0 Å². The molecule has 4 aromatic carbocycles. The number of hydrogen-bond acceptors (Lipinski definition) is 0. The molecular weight excluding hydrogens is 768 g/mol. The van der Waals surface area contributed by atoms with Crippen molar-refractivity contribution < 1.29 is 45.2 Å². The van der Waals surface area contributed by atoms with Crippen LogP contribution in [-0.4, -0.2) is 11.3 Å². The molecule has 2 saturated carbocycles. The molecule has 0 aliphatic heterocycles. The number of benzene rings is 4. The Hall–Kier alpha value is -1.02. The molecular formula is C44H58Cl2P2Pd. The van der Waals surface area contributed by atoms with Crippen molar-refractivity contribution in [2.24, 2.45) is 35.5 Å². The SMILES string of the molecule is CC1CCC(C(C)C)C(P(c2ccccc2)c2ccccc2)C1.CC1CCC(C(C)C)C(P(c2ccccc2)c2ccccc2)C1.[Cl-].[Cl-].[Pd+2]. The van der Waals surface area contributed by atoms with Gasteiger partial charge in [0, 0.05) is 0 Å². The van der Waals surface area contributed by atoms with E-state index in [0.717, 1.165) is 46.8 Å². The summed E-state index contributed by atoms with van der Waals surface area (Å²) < 4.78 is 0. The second-order valence-corrected chi connectivity index (χ2v) is 19.7. The second-order valence-electron chi connectivity index (χ2n) is 14.9. The first-order valence-electron chi connectivity index (χ1n) is 18.1. The largest absolute Gasteiger partial charge is 2.00 e. The van der Waals surface area contributed by atoms with E-state index in [1.54, 1.807) is 21.2 Å². The molecule has 268 valence electrons. The first-order valence-corrected chi connectivity index (χ1v) is 20.9. The van der Waals surface area contributed by atoms with Gasteiger partial charge in [-0.15, -0.1) is 0 Å². The molecule has 0 amide bonds. The van der Waals surface area contributed by atoms with Gasteiger partial charge in [-0.2, -0.15) is 0 Å². The summed E-state index contributed by atoms with van der Waals surface area (Å²) in [4.78, 5) is 0. The minimum Gasteiger partial charge on any atom is -1.00 e. The quantitative estimate of drug-likeness (QED) is 0.170. The Bertz CT molecular complexity index is 1230. The summed E-state index contributed by atoms with van der Waals surface area (Å²) in [6.45, 7) is 14.6. The summed E-state index contributed by atoms with van der Waals surface area (Å²) >= 11 is 0. The van der Waals surface area contributed by atoms with Gasteiger partial charge in [-0.1, -0.05) is 176 Å². The molecule has 49 heavy (non-hydrogen) atoms. The molecule has 2 fully saturated rings. The predicted molar refractivity (Wildman–Crippen MR) is 208 cm³/mol. The predicted octanol–water partition coefficient (Wildman–Crippen LogP) is 5.17. The molecule has 0 saturated heterocycles. The van der Waals surface area contributed by atoms with E-state index in [1.807, 2.05) is 0 Å². The molecule has 0 aromatic heterocycles. The number of hydrogen-bond donors (Lipinski definition) is 0. The van der Waals surface area contributed by atoms with Gasteiger partial charge in [-0.25, -0.2) is 0 Å². The van der Waals surface area contributed by atoms with Gasteiger partial charge >= 0.3 is 20.4 Å². The molecule has 0 N–H and O–H groups in total. The summed E-state index contributed by atoms with van der Waals surface area (Å²) in [7, 11) is -0.535. The van der Waals surface area contributed by atoms with Crippen LogP contribution in [-0.2, 0) is 20.4 Å². The summed E-state index contributed by atoms with van der Waals surface area (Å²) in [5.74, 6) is 5.02. The van der Waals surface area contributed by atoms with Crippen LogP contribution in [0, 0.1) is 35.5 Å². The van der Waals surface area contributed by atoms with Gasteiger partial charge in [0.25, 0.3) is 0 Å². The minimum atomic E-state index is -0.267. The second kappa shape index (κ2) is 22.1. The molecule has 0 heterocycles. The summed E-state index contributed by atoms with van der Waals surface area (Å²) in [6.07, 6.45) is 8.40. The van der Waals surface area contributed by atoms with Crippen molar-refractivity contribution in [3.8, 4) is 0 Å². The van der Waals surface area contributed by atoms with E-state index < -0.39 is 0 Å². The van der Waals surface area contributed by atoms with E-state index in [1.165, 1.54) is 38.5 Å². The Morgan fingerprint density at radius 1 is 0.429 bits per heavy atom. The topological polar surface area (TPSA) is 0 Å². The average Bonchev–Trinajstić information content (AvgIpc) is 3.07. The molecule has 0 spiro atoms. The first-order chi connectivity index (χ1) is 22.3. The zero-order chi connectivity index (χ0) is 32.5. The van der Waals surface area contributed by atoms with Crippen LogP contribution >= 0.6 is 15.8 Å². The van der Waals surface area contributed by atoms with Crippen molar-refractivity contribution >= 4 is 37.1 Å². The average molecular weight is 826 g/mol. The molecule has 5 heteroatoms. The standard InChI is InChI=1S/2C22H29P.2ClH.Pd/c2*1-17(2)21-15-14-18(3)16-22(21)23(19-10-6-4-7-11-19)20-12-8-5-9-13-20;;;/h2*4-13,17-18,21-22H,14-16H2,1-3H3;2*1H;/q;;;;+2/p-2. The van der Waals surface area contributed by atoms with E-state index in [2.05, 4.69) is 163 Å². The van der Waals surface area contributed by atoms with Gasteiger partial charge in [0.15, 0.2) is 0 Å². The third-order valence-corrected chi connectivity index (χ3v) is 16.7. The molecule has 4 aromatic rings. The number of rotatable bonds is 8. The van der Waals surface area contributed by atoms with E-state index in [-0.39, 0.29) is 61.1 Å². The fourth-order valence-corrected chi connectivity index (χ4v) is 15.3. The Morgan fingerprint density at radius 3 is 0.898 bits per heavy atom. The van der Waals surface area contributed by atoms with Crippen LogP contribution in [0.3, 0.4) is 0 Å². The van der Waals surface area contributed by atoms with Crippen molar-refractivity contribution in [3.63, 3.8) is 0 Å². The number of halogens is 2. The summed E-state index contributed by atoms with van der Waals surface area (Å²) in [6, 6.07) is 45.1. The Labute approximate surface area is 328 Å². The van der Waals surface area contributed by atoms with E-state index in [9.17, 15) is 0 Å². The van der Waals surface area contributed by atoms with Crippen molar-refractivity contribution in [1.82, 2.24) is 0 Å². The smallest absolute Gasteiger partial charge is 1.00 e. The fraction of sp³-hybridized carbons (Fsp3) is 0.455. The zero-order valence-electron chi connectivity index (χ0n) is 30.4. The molecule has 6 atom stereocenters. The van der Waals surface area contributed by atoms with Gasteiger partial charge in [0.2, 0.25) is 0 Å². The third-order valence-electron chi connectivity index (χ3n) is 10.8. The maximum absolute atomic E-state index is 2.45. The van der Waals surface area contributed by atoms with Crippen LogP contribution in [0.15, 0.2) is 121 Å². The third kappa shape index (κ3) is 12.0. The molecule has 0 bridgehead atoms. The van der Waals surface area contributed by atoms with Crippen LogP contribution in [0.2, 0.25) is 0 Å². The van der Waals surface area contributed by atoms with Gasteiger partial charge in [0.05, 0.1) is 0 Å². The monoisotopic (exact) mass is 824 g/mol. The minimum absolute atomic E-state index is 0. The Morgan fingerprint density at radius 2 is 0.673 bits per heavy atom. The molecule has 6 rings (SSSR count). The Balaban J connectivity index is 0.000000321. The maximum atomic E-state index is 2.45. The zero-order valence-corrected chi connectivity index (χ0v) is 35.2. The van der Waals surface area contributed by atoms with Crippen molar-refractivity contribution in [1.29, 1.82) is 0 Å². The van der Waals surface area contributed by atoms with Crippen LogP contribution in [0.1, 0.15) is 80.1 Å². The normalized spacial score (nSPS) is 23.5. The van der Waals surface area contributed by atoms with Crippen molar-refractivity contribution in [2.75, 3.05) is 0 Å². The first kappa shape index (κ1) is 44.1. The van der Waals surface area contributed by atoms with Crippen LogP contribution in [0.5, 0.6) is 0 Å². The van der Waals surface area contributed by atoms with Crippen LogP contribution in [0.4, 0.5) is 0 Å². The molecule has 6 unspecified atom stereocenters. The summed E-state index contributed by atoms with van der Waals surface area (Å²) in [5, 5.41) is 6.22. The maximum Gasteiger partial charge on any atom is 2.00 e. The van der Waals surface area contributed by atoms with E-state index in [0.29, 0.717) is 0 Å². The fourth-order valence-electron chi connectivity index (χ4n) is 8.32. The van der Waals surface area contributed by atoms with Crippen molar-refractivity contribution in [3.05, 3.63) is 121 Å². The van der Waals surface area contributed by atoms with Gasteiger partial charge < -0.3 is 24.8 Å². The Kier molecular flexibility index (Phi) is 19.9. The molecule has 2 aliphatic rings. The van der Waals surface area contributed by atoms with Crippen molar-refractivity contribution in [2.45, 2.75) is 91.4 Å². The molecule has 0 nitrogen and oxygen atoms in total. The van der Waals surface area contributed by atoms with Crippen LogP contribution in [0.25, 0.3) is 0 Å². The molecule has 0 radical (unpaired) electrons. The molecule has 2 aliphatic carbocycles. The van der Waals surface area contributed by atoms with Gasteiger partial charge in [0.1, 0.15) is 0 Å². The van der Waals surface area contributed by atoms with E-state index >= 15 is 0 Å².